The zero-order valence-corrected chi connectivity index (χ0v) is 14.3. The Hall–Kier alpha value is -0.940. The van der Waals surface area contributed by atoms with Crippen molar-refractivity contribution in [2.45, 2.75) is 52.5 Å². The van der Waals surface area contributed by atoms with Crippen LogP contribution in [-0.4, -0.2) is 35.9 Å². The van der Waals surface area contributed by atoms with Gasteiger partial charge < -0.3 is 10.2 Å². The van der Waals surface area contributed by atoms with E-state index in [1.165, 1.54) is 24.3 Å². The van der Waals surface area contributed by atoms with Crippen LogP contribution >= 0.6 is 11.3 Å². The summed E-state index contributed by atoms with van der Waals surface area (Å²) in [4.78, 5) is 20.1. The van der Waals surface area contributed by atoms with E-state index < -0.39 is 0 Å². The molecule has 0 spiro atoms. The van der Waals surface area contributed by atoms with Crippen LogP contribution in [0.25, 0.3) is 0 Å². The minimum absolute atomic E-state index is 0.175. The molecule has 0 bridgehead atoms. The summed E-state index contributed by atoms with van der Waals surface area (Å²) in [6.45, 7) is 7.11. The van der Waals surface area contributed by atoms with E-state index in [2.05, 4.69) is 29.2 Å². The first-order valence-corrected chi connectivity index (χ1v) is 8.80. The molecule has 0 aromatic carbocycles. The Morgan fingerprint density at radius 3 is 3.00 bits per heavy atom. The lowest BCUT2D eigenvalue weighted by molar-refractivity contribution is -0.121. The first-order valence-electron chi connectivity index (χ1n) is 7.99. The van der Waals surface area contributed by atoms with Crippen LogP contribution in [0.2, 0.25) is 0 Å². The van der Waals surface area contributed by atoms with Gasteiger partial charge in [-0.2, -0.15) is 0 Å². The van der Waals surface area contributed by atoms with E-state index in [4.69, 9.17) is 0 Å². The molecule has 1 atom stereocenters. The Kier molecular flexibility index (Phi) is 6.18. The van der Waals surface area contributed by atoms with E-state index in [0.29, 0.717) is 18.9 Å². The van der Waals surface area contributed by atoms with Gasteiger partial charge in [-0.05, 0) is 52.1 Å². The van der Waals surface area contributed by atoms with Crippen LogP contribution < -0.4 is 5.32 Å². The lowest BCUT2D eigenvalue weighted by Crippen LogP contribution is -2.33. The zero-order valence-electron chi connectivity index (χ0n) is 13.4. The number of nitrogens with one attached hydrogen (secondary N) is 1. The Labute approximate surface area is 132 Å². The van der Waals surface area contributed by atoms with Crippen LogP contribution in [-0.2, 0) is 17.8 Å². The summed E-state index contributed by atoms with van der Waals surface area (Å²) in [7, 11) is 2.17. The van der Waals surface area contributed by atoms with E-state index in [9.17, 15) is 4.79 Å². The molecule has 0 unspecified atom stereocenters. The monoisotopic (exact) mass is 309 g/mol. The SMILES string of the molecule is CCc1nc(C)c(CNC(=O)CC[C@H]2CCCN(C)C2)s1. The largest absolute Gasteiger partial charge is 0.351 e. The molecule has 2 heterocycles. The van der Waals surface area contributed by atoms with Gasteiger partial charge >= 0.3 is 0 Å². The van der Waals surface area contributed by atoms with Gasteiger partial charge in [-0.3, -0.25) is 4.79 Å². The van der Waals surface area contributed by atoms with Gasteiger partial charge in [0.2, 0.25) is 5.91 Å². The average Bonchev–Trinajstić information content (AvgIpc) is 2.83. The molecule has 1 fully saturated rings. The summed E-state index contributed by atoms with van der Waals surface area (Å²) in [5.41, 5.74) is 1.06. The molecule has 4 nitrogen and oxygen atoms in total. The summed E-state index contributed by atoms with van der Waals surface area (Å²) in [6, 6.07) is 0. The van der Waals surface area contributed by atoms with Gasteiger partial charge in [-0.25, -0.2) is 4.98 Å². The molecule has 1 aromatic heterocycles. The molecule has 0 radical (unpaired) electrons. The van der Waals surface area contributed by atoms with E-state index in [-0.39, 0.29) is 5.91 Å². The molecule has 1 aliphatic rings. The number of likely N-dealkylation sites (tertiary alicyclic amines) is 1. The highest BCUT2D eigenvalue weighted by Gasteiger charge is 2.18. The van der Waals surface area contributed by atoms with Gasteiger partial charge in [-0.1, -0.05) is 6.92 Å². The second-order valence-electron chi connectivity index (χ2n) is 6.06. The molecule has 5 heteroatoms. The number of nitrogens with zero attached hydrogens (tertiary/aromatic N) is 2. The average molecular weight is 309 g/mol. The van der Waals surface area contributed by atoms with Crippen LogP contribution in [0.1, 0.15) is 48.2 Å². The fourth-order valence-corrected chi connectivity index (χ4v) is 3.86. The van der Waals surface area contributed by atoms with Crippen molar-refractivity contribution < 1.29 is 4.79 Å². The lowest BCUT2D eigenvalue weighted by Gasteiger charge is -2.29. The number of aromatic nitrogens is 1. The van der Waals surface area contributed by atoms with Gasteiger partial charge in [-0.15, -0.1) is 11.3 Å². The topological polar surface area (TPSA) is 45.2 Å². The molecule has 2 rings (SSSR count). The van der Waals surface area contributed by atoms with E-state index >= 15 is 0 Å². The number of carbonyl (C=O) groups is 1. The van der Waals surface area contributed by atoms with Crippen molar-refractivity contribution in [3.63, 3.8) is 0 Å². The molecule has 1 aliphatic heterocycles. The van der Waals surface area contributed by atoms with Crippen molar-refractivity contribution in [2.24, 2.45) is 5.92 Å². The van der Waals surface area contributed by atoms with Crippen molar-refractivity contribution >= 4 is 17.2 Å². The quantitative estimate of drug-likeness (QED) is 0.879. The Balaban J connectivity index is 1.70. The third-order valence-corrected chi connectivity index (χ3v) is 5.49. The zero-order chi connectivity index (χ0) is 15.2. The Morgan fingerprint density at radius 2 is 2.33 bits per heavy atom. The van der Waals surface area contributed by atoms with Crippen molar-refractivity contribution in [3.05, 3.63) is 15.6 Å². The predicted molar refractivity (Wildman–Crippen MR) is 87.5 cm³/mol. The number of thiazole rings is 1. The molecule has 1 N–H and O–H groups in total. The number of hydrogen-bond acceptors (Lipinski definition) is 4. The highest BCUT2D eigenvalue weighted by atomic mass is 32.1. The minimum Gasteiger partial charge on any atom is -0.351 e. The maximum atomic E-state index is 12.0. The third kappa shape index (κ3) is 5.08. The Bertz CT molecular complexity index is 472. The molecule has 118 valence electrons. The second-order valence-corrected chi connectivity index (χ2v) is 7.22. The van der Waals surface area contributed by atoms with Crippen molar-refractivity contribution in [2.75, 3.05) is 20.1 Å². The second kappa shape index (κ2) is 7.90. The number of aryl methyl sites for hydroxylation is 2. The number of carbonyl (C=O) groups excluding carboxylic acids is 1. The van der Waals surface area contributed by atoms with E-state index in [0.717, 1.165) is 30.1 Å². The van der Waals surface area contributed by atoms with E-state index in [1.807, 2.05) is 6.92 Å². The fraction of sp³-hybridized carbons (Fsp3) is 0.750. The van der Waals surface area contributed by atoms with E-state index in [1.54, 1.807) is 11.3 Å². The van der Waals surface area contributed by atoms with Crippen LogP contribution in [0, 0.1) is 12.8 Å². The van der Waals surface area contributed by atoms with Crippen LogP contribution in [0.3, 0.4) is 0 Å². The minimum atomic E-state index is 0.175. The van der Waals surface area contributed by atoms with Gasteiger partial charge in [0.05, 0.1) is 17.2 Å². The van der Waals surface area contributed by atoms with Crippen LogP contribution in [0.5, 0.6) is 0 Å². The summed E-state index contributed by atoms with van der Waals surface area (Å²) in [5, 5.41) is 4.20. The summed E-state index contributed by atoms with van der Waals surface area (Å²) in [6.07, 6.45) is 5.16. The van der Waals surface area contributed by atoms with Gasteiger partial charge in [0.1, 0.15) is 0 Å². The predicted octanol–water partition coefficient (Wildman–Crippen LogP) is 2.75. The van der Waals surface area contributed by atoms with Crippen molar-refractivity contribution in [1.29, 1.82) is 0 Å². The lowest BCUT2D eigenvalue weighted by atomic mass is 9.93. The smallest absolute Gasteiger partial charge is 0.220 e. The number of rotatable bonds is 6. The molecular formula is C16H27N3OS. The first-order chi connectivity index (χ1) is 10.1. The summed E-state index contributed by atoms with van der Waals surface area (Å²) >= 11 is 1.72. The van der Waals surface area contributed by atoms with Crippen LogP contribution in [0.4, 0.5) is 0 Å². The molecule has 1 amide bonds. The molecule has 0 saturated carbocycles. The molecule has 1 saturated heterocycles. The molecular weight excluding hydrogens is 282 g/mol. The maximum Gasteiger partial charge on any atom is 0.220 e. The first kappa shape index (κ1) is 16.4. The highest BCUT2D eigenvalue weighted by Crippen LogP contribution is 2.20. The fourth-order valence-electron chi connectivity index (χ4n) is 2.91. The van der Waals surface area contributed by atoms with Gasteiger partial charge in [0.25, 0.3) is 0 Å². The van der Waals surface area contributed by atoms with Gasteiger partial charge in [0.15, 0.2) is 0 Å². The maximum absolute atomic E-state index is 12.0. The number of hydrogen-bond donors (Lipinski definition) is 1. The van der Waals surface area contributed by atoms with Crippen molar-refractivity contribution in [1.82, 2.24) is 15.2 Å². The summed E-state index contributed by atoms with van der Waals surface area (Å²) in [5.74, 6) is 0.861. The molecule has 21 heavy (non-hydrogen) atoms. The number of piperidine rings is 1. The Morgan fingerprint density at radius 1 is 1.52 bits per heavy atom. The third-order valence-electron chi connectivity index (χ3n) is 4.19. The standard InChI is InChI=1S/C16H27N3OS/c1-4-16-18-12(2)14(21-16)10-17-15(20)8-7-13-6-5-9-19(3)11-13/h13H,4-11H2,1-3H3,(H,17,20)/t13-/m1/s1. The normalized spacial score (nSPS) is 19.7. The molecule has 0 aliphatic carbocycles. The molecule has 1 aromatic rings. The summed E-state index contributed by atoms with van der Waals surface area (Å²) < 4.78 is 0. The highest BCUT2D eigenvalue weighted by molar-refractivity contribution is 7.11. The van der Waals surface area contributed by atoms with Crippen molar-refractivity contribution in [3.8, 4) is 0 Å². The van der Waals surface area contributed by atoms with Gasteiger partial charge in [0, 0.05) is 17.8 Å². The van der Waals surface area contributed by atoms with Crippen LogP contribution in [0.15, 0.2) is 0 Å². The number of amides is 1.